The number of aromatic nitrogens is 1. The number of fused-ring (bicyclic) bond motifs is 1. The van der Waals surface area contributed by atoms with Crippen LogP contribution in [0.4, 0.5) is 4.39 Å². The lowest BCUT2D eigenvalue weighted by molar-refractivity contribution is 0.0562. The number of rotatable bonds is 8. The molecule has 168 valence electrons. The van der Waals surface area contributed by atoms with Gasteiger partial charge in [0.1, 0.15) is 11.5 Å². The predicted octanol–water partition coefficient (Wildman–Crippen LogP) is 4.88. The number of hydrogen-bond acceptors (Lipinski definition) is 3. The van der Waals surface area contributed by atoms with Crippen LogP contribution in [0.25, 0.3) is 10.9 Å². The van der Waals surface area contributed by atoms with Crippen LogP contribution in [-0.4, -0.2) is 54.3 Å². The third kappa shape index (κ3) is 5.28. The SMILES string of the molecule is COCCCCn1c(C(=O)N(C(C)C)[C@@H]2CCCNC2)c(Cl)c2cc(F)ccc21.Cl. The molecule has 2 aromatic rings. The average molecular weight is 460 g/mol. The van der Waals surface area contributed by atoms with E-state index in [1.165, 1.54) is 12.1 Å². The zero-order valence-electron chi connectivity index (χ0n) is 17.9. The van der Waals surface area contributed by atoms with Crippen molar-refractivity contribution >= 4 is 40.8 Å². The standard InChI is InChI=1S/C22H31ClFN3O2.ClH/c1-15(2)27(17-7-6-10-25-14-17)22(28)21-20(23)18-13-16(24)8-9-19(18)26(21)11-4-5-12-29-3;/h8-9,13,15,17,25H,4-7,10-12,14H2,1-3H3;1H/t17-;/m1./s1. The topological polar surface area (TPSA) is 46.5 Å². The number of carbonyl (C=O) groups excluding carboxylic acids is 1. The van der Waals surface area contributed by atoms with Crippen molar-refractivity contribution in [2.24, 2.45) is 0 Å². The first-order chi connectivity index (χ1) is 14.0. The maximum Gasteiger partial charge on any atom is 0.272 e. The number of piperidine rings is 1. The molecule has 30 heavy (non-hydrogen) atoms. The Morgan fingerprint density at radius 1 is 1.40 bits per heavy atom. The second-order valence-corrected chi connectivity index (χ2v) is 8.36. The molecule has 5 nitrogen and oxygen atoms in total. The fourth-order valence-corrected chi connectivity index (χ4v) is 4.59. The Balaban J connectivity index is 0.00000320. The summed E-state index contributed by atoms with van der Waals surface area (Å²) < 4.78 is 21.0. The zero-order chi connectivity index (χ0) is 21.0. The average Bonchev–Trinajstić information content (AvgIpc) is 2.97. The number of carbonyl (C=O) groups is 1. The Kier molecular flexibility index (Phi) is 9.41. The van der Waals surface area contributed by atoms with Crippen LogP contribution in [0.15, 0.2) is 18.2 Å². The molecule has 1 atom stereocenters. The lowest BCUT2D eigenvalue weighted by Gasteiger charge is -2.38. The Morgan fingerprint density at radius 3 is 2.80 bits per heavy atom. The summed E-state index contributed by atoms with van der Waals surface area (Å²) in [5.74, 6) is -0.436. The number of halogens is 3. The van der Waals surface area contributed by atoms with Crippen LogP contribution in [0.1, 0.15) is 50.0 Å². The highest BCUT2D eigenvalue weighted by Crippen LogP contribution is 2.33. The van der Waals surface area contributed by atoms with Gasteiger partial charge in [0.05, 0.1) is 10.5 Å². The van der Waals surface area contributed by atoms with Gasteiger partial charge in [0.15, 0.2) is 0 Å². The third-order valence-corrected chi connectivity index (χ3v) is 5.98. The van der Waals surface area contributed by atoms with Crippen LogP contribution in [0.2, 0.25) is 5.02 Å². The zero-order valence-corrected chi connectivity index (χ0v) is 19.5. The predicted molar refractivity (Wildman–Crippen MR) is 122 cm³/mol. The summed E-state index contributed by atoms with van der Waals surface area (Å²) in [5, 5.41) is 4.32. The molecule has 1 saturated heterocycles. The number of nitrogens with zero attached hydrogens (tertiary/aromatic N) is 2. The van der Waals surface area contributed by atoms with Crippen LogP contribution < -0.4 is 5.32 Å². The van der Waals surface area contributed by atoms with Crippen molar-refractivity contribution in [2.75, 3.05) is 26.8 Å². The maximum absolute atomic E-state index is 13.9. The number of amides is 1. The van der Waals surface area contributed by atoms with Crippen LogP contribution in [0.5, 0.6) is 0 Å². The molecule has 0 unspecified atom stereocenters. The molecule has 1 aliphatic rings. The highest BCUT2D eigenvalue weighted by molar-refractivity contribution is 6.38. The number of ether oxygens (including phenoxy) is 1. The summed E-state index contributed by atoms with van der Waals surface area (Å²) in [6, 6.07) is 4.72. The first kappa shape index (κ1) is 24.9. The molecule has 0 saturated carbocycles. The maximum atomic E-state index is 13.9. The lowest BCUT2D eigenvalue weighted by atomic mass is 10.0. The molecule has 3 rings (SSSR count). The Hall–Kier alpha value is -1.34. The molecule has 2 heterocycles. The van der Waals surface area contributed by atoms with E-state index in [-0.39, 0.29) is 36.2 Å². The lowest BCUT2D eigenvalue weighted by Crippen LogP contribution is -2.52. The van der Waals surface area contributed by atoms with Crippen molar-refractivity contribution in [3.05, 3.63) is 34.7 Å². The summed E-state index contributed by atoms with van der Waals surface area (Å²) in [6.45, 7) is 7.13. The number of unbranched alkanes of at least 4 members (excludes halogenated alkanes) is 1. The van der Waals surface area contributed by atoms with E-state index in [4.69, 9.17) is 16.3 Å². The molecular formula is C22H32Cl2FN3O2. The molecule has 0 radical (unpaired) electrons. The van der Waals surface area contributed by atoms with Crippen molar-refractivity contribution in [1.82, 2.24) is 14.8 Å². The second-order valence-electron chi connectivity index (χ2n) is 7.98. The van der Waals surface area contributed by atoms with Crippen LogP contribution in [0.3, 0.4) is 0 Å². The summed E-state index contributed by atoms with van der Waals surface area (Å²) in [6.07, 6.45) is 3.73. The Labute approximate surface area is 189 Å². The minimum absolute atomic E-state index is 0. The van der Waals surface area contributed by atoms with E-state index in [0.29, 0.717) is 29.3 Å². The highest BCUT2D eigenvalue weighted by Gasteiger charge is 2.32. The van der Waals surface area contributed by atoms with E-state index < -0.39 is 0 Å². The van der Waals surface area contributed by atoms with Gasteiger partial charge < -0.3 is 19.5 Å². The minimum atomic E-state index is -0.355. The van der Waals surface area contributed by atoms with Crippen LogP contribution >= 0.6 is 24.0 Å². The van der Waals surface area contributed by atoms with Crippen molar-refractivity contribution in [3.63, 3.8) is 0 Å². The smallest absolute Gasteiger partial charge is 0.272 e. The number of hydrogen-bond donors (Lipinski definition) is 1. The minimum Gasteiger partial charge on any atom is -0.385 e. The van der Waals surface area contributed by atoms with Crippen molar-refractivity contribution in [3.8, 4) is 0 Å². The summed E-state index contributed by atoms with van der Waals surface area (Å²) >= 11 is 6.68. The molecule has 1 aliphatic heterocycles. The van der Waals surface area contributed by atoms with Gasteiger partial charge >= 0.3 is 0 Å². The Morgan fingerprint density at radius 2 is 2.17 bits per heavy atom. The monoisotopic (exact) mass is 459 g/mol. The van der Waals surface area contributed by atoms with Gasteiger partial charge in [-0.3, -0.25) is 4.79 Å². The van der Waals surface area contributed by atoms with Gasteiger partial charge in [-0.2, -0.15) is 0 Å². The molecule has 1 N–H and O–H groups in total. The van der Waals surface area contributed by atoms with E-state index in [1.54, 1.807) is 13.2 Å². The van der Waals surface area contributed by atoms with Gasteiger partial charge in [0, 0.05) is 44.3 Å². The molecule has 0 bridgehead atoms. The highest BCUT2D eigenvalue weighted by atomic mass is 35.5. The second kappa shape index (κ2) is 11.3. The quantitative estimate of drug-likeness (QED) is 0.571. The van der Waals surface area contributed by atoms with Gasteiger partial charge in [-0.25, -0.2) is 4.39 Å². The molecule has 0 spiro atoms. The van der Waals surface area contributed by atoms with Gasteiger partial charge in [0.25, 0.3) is 5.91 Å². The summed E-state index contributed by atoms with van der Waals surface area (Å²) in [5.41, 5.74) is 1.26. The Bertz CT molecular complexity index is 851. The van der Waals surface area contributed by atoms with Crippen molar-refractivity contribution in [1.29, 1.82) is 0 Å². The number of benzene rings is 1. The van der Waals surface area contributed by atoms with E-state index in [1.807, 2.05) is 23.3 Å². The molecule has 1 fully saturated rings. The molecule has 1 amide bonds. The first-order valence-electron chi connectivity index (χ1n) is 10.4. The van der Waals surface area contributed by atoms with E-state index in [0.717, 1.165) is 44.3 Å². The fraction of sp³-hybridized carbons (Fsp3) is 0.591. The normalized spacial score (nSPS) is 16.7. The van der Waals surface area contributed by atoms with Crippen molar-refractivity contribution < 1.29 is 13.9 Å². The molecule has 8 heteroatoms. The first-order valence-corrected chi connectivity index (χ1v) is 10.8. The fourth-order valence-electron chi connectivity index (χ4n) is 4.26. The number of nitrogens with one attached hydrogen (secondary N) is 1. The van der Waals surface area contributed by atoms with Gasteiger partial charge in [-0.15, -0.1) is 12.4 Å². The van der Waals surface area contributed by atoms with Crippen LogP contribution in [-0.2, 0) is 11.3 Å². The molecule has 0 aliphatic carbocycles. The molecular weight excluding hydrogens is 428 g/mol. The van der Waals surface area contributed by atoms with Gasteiger partial charge in [0.2, 0.25) is 0 Å². The number of methoxy groups -OCH3 is 1. The summed E-state index contributed by atoms with van der Waals surface area (Å²) in [4.78, 5) is 15.7. The van der Waals surface area contributed by atoms with E-state index in [2.05, 4.69) is 5.32 Å². The van der Waals surface area contributed by atoms with Gasteiger partial charge in [-0.05, 0) is 64.3 Å². The third-order valence-electron chi connectivity index (χ3n) is 5.60. The largest absolute Gasteiger partial charge is 0.385 e. The summed E-state index contributed by atoms with van der Waals surface area (Å²) in [7, 11) is 1.68. The van der Waals surface area contributed by atoms with Crippen LogP contribution in [0, 0.1) is 5.82 Å². The van der Waals surface area contributed by atoms with E-state index >= 15 is 0 Å². The van der Waals surface area contributed by atoms with Gasteiger partial charge in [-0.1, -0.05) is 11.6 Å². The van der Waals surface area contributed by atoms with E-state index in [9.17, 15) is 9.18 Å². The molecule has 1 aromatic heterocycles. The van der Waals surface area contributed by atoms with Crippen molar-refractivity contribution in [2.45, 2.75) is 58.2 Å². The number of aryl methyl sites for hydroxylation is 1. The molecule has 1 aromatic carbocycles.